The molecule has 1 aromatic rings. The number of rotatable bonds is 7. The first-order valence-corrected chi connectivity index (χ1v) is 8.96. The third-order valence-electron chi connectivity index (χ3n) is 3.33. The Morgan fingerprint density at radius 3 is 2.65 bits per heavy atom. The molecule has 6 nitrogen and oxygen atoms in total. The molecule has 1 saturated carbocycles. The second kappa shape index (κ2) is 5.87. The Hall–Kier alpha value is -0.860. The Morgan fingerprint density at radius 1 is 1.50 bits per heavy atom. The molecule has 1 aliphatic rings. The topological polar surface area (TPSA) is 85.5 Å². The maximum Gasteiger partial charge on any atom is 0.187 e. The highest BCUT2D eigenvalue weighted by Crippen LogP contribution is 2.42. The number of nitrogens with two attached hydrogens (primary N) is 1. The van der Waals surface area contributed by atoms with E-state index >= 15 is 0 Å². The van der Waals surface area contributed by atoms with E-state index in [2.05, 4.69) is 4.37 Å². The Balaban J connectivity index is 2.41. The van der Waals surface area contributed by atoms with Crippen molar-refractivity contribution in [1.82, 2.24) is 4.37 Å². The van der Waals surface area contributed by atoms with Crippen LogP contribution in [0.15, 0.2) is 4.90 Å². The molecule has 0 saturated heterocycles. The summed E-state index contributed by atoms with van der Waals surface area (Å²) in [4.78, 5) is 2.21. The summed E-state index contributed by atoms with van der Waals surface area (Å²) in [5.41, 5.74) is 5.82. The van der Waals surface area contributed by atoms with Crippen molar-refractivity contribution in [2.24, 2.45) is 0 Å². The summed E-state index contributed by atoms with van der Waals surface area (Å²) in [6, 6.07) is 0.151. The first-order chi connectivity index (χ1) is 9.39. The van der Waals surface area contributed by atoms with Crippen molar-refractivity contribution in [2.45, 2.75) is 42.9 Å². The Kier molecular flexibility index (Phi) is 4.55. The molecule has 114 valence electrons. The first kappa shape index (κ1) is 15.5. The zero-order valence-corrected chi connectivity index (χ0v) is 13.6. The van der Waals surface area contributed by atoms with E-state index in [4.69, 9.17) is 10.5 Å². The van der Waals surface area contributed by atoms with E-state index in [-0.39, 0.29) is 22.0 Å². The number of anilines is 2. The lowest BCUT2D eigenvalue weighted by atomic mass is 10.3. The SMILES string of the molecule is COCCN(c1snc(N)c1S(=O)(=O)C1CC1)C(C)C. The van der Waals surface area contributed by atoms with Crippen LogP contribution in [0.4, 0.5) is 10.8 Å². The van der Waals surface area contributed by atoms with Crippen LogP contribution in [0.5, 0.6) is 0 Å². The van der Waals surface area contributed by atoms with Crippen LogP contribution in [0.25, 0.3) is 0 Å². The molecule has 1 fully saturated rings. The number of aromatic nitrogens is 1. The van der Waals surface area contributed by atoms with Crippen LogP contribution in [0.3, 0.4) is 0 Å². The monoisotopic (exact) mass is 319 g/mol. The molecule has 2 N–H and O–H groups in total. The van der Waals surface area contributed by atoms with Gasteiger partial charge in [0.25, 0.3) is 0 Å². The van der Waals surface area contributed by atoms with Gasteiger partial charge in [0.05, 0.1) is 11.9 Å². The molecule has 1 aliphatic carbocycles. The summed E-state index contributed by atoms with van der Waals surface area (Å²) in [6.07, 6.45) is 1.44. The molecule has 1 heterocycles. The van der Waals surface area contributed by atoms with E-state index < -0.39 is 9.84 Å². The molecule has 2 rings (SSSR count). The highest BCUT2D eigenvalue weighted by atomic mass is 32.2. The fraction of sp³-hybridized carbons (Fsp3) is 0.750. The van der Waals surface area contributed by atoms with Gasteiger partial charge < -0.3 is 15.4 Å². The van der Waals surface area contributed by atoms with Crippen molar-refractivity contribution in [1.29, 1.82) is 0 Å². The van der Waals surface area contributed by atoms with Crippen LogP contribution >= 0.6 is 11.5 Å². The van der Waals surface area contributed by atoms with Crippen molar-refractivity contribution in [3.8, 4) is 0 Å². The predicted octanol–water partition coefficient (Wildman–Crippen LogP) is 1.52. The maximum absolute atomic E-state index is 12.5. The molecular weight excluding hydrogens is 298 g/mol. The van der Waals surface area contributed by atoms with E-state index in [1.54, 1.807) is 7.11 Å². The summed E-state index contributed by atoms with van der Waals surface area (Å²) in [5, 5.41) is 0.359. The molecule has 8 heteroatoms. The minimum Gasteiger partial charge on any atom is -0.383 e. The van der Waals surface area contributed by atoms with Crippen molar-refractivity contribution in [3.05, 3.63) is 0 Å². The molecule has 1 aromatic heterocycles. The molecule has 0 amide bonds. The lowest BCUT2D eigenvalue weighted by Crippen LogP contribution is -2.34. The number of hydrogen-bond acceptors (Lipinski definition) is 7. The number of sulfone groups is 1. The normalized spacial score (nSPS) is 15.8. The predicted molar refractivity (Wildman–Crippen MR) is 81.1 cm³/mol. The third-order valence-corrected chi connectivity index (χ3v) is 6.67. The molecule has 0 unspecified atom stereocenters. The average molecular weight is 319 g/mol. The second-order valence-electron chi connectivity index (χ2n) is 5.23. The molecular formula is C12H21N3O3S2. The Bertz CT molecular complexity index is 565. The Morgan fingerprint density at radius 2 is 2.15 bits per heavy atom. The molecule has 0 atom stereocenters. The van der Waals surface area contributed by atoms with Crippen molar-refractivity contribution < 1.29 is 13.2 Å². The third kappa shape index (κ3) is 2.91. The standard InChI is InChI=1S/C12H21N3O3S2/c1-8(2)15(6-7-18-3)12-10(11(13)14-19-12)20(16,17)9-4-5-9/h8-9H,4-7H2,1-3H3,(H2,13,14). The summed E-state index contributed by atoms with van der Waals surface area (Å²) >= 11 is 1.15. The van der Waals surface area contributed by atoms with Crippen LogP contribution in [-0.2, 0) is 14.6 Å². The van der Waals surface area contributed by atoms with Gasteiger partial charge in [0.2, 0.25) is 0 Å². The fourth-order valence-corrected chi connectivity index (χ4v) is 5.24. The Labute approximate surface area is 124 Å². The van der Waals surface area contributed by atoms with Crippen LogP contribution < -0.4 is 10.6 Å². The van der Waals surface area contributed by atoms with Gasteiger partial charge in [-0.1, -0.05) is 0 Å². The van der Waals surface area contributed by atoms with Gasteiger partial charge in [0.15, 0.2) is 15.7 Å². The second-order valence-corrected chi connectivity index (χ2v) is 8.14. The quantitative estimate of drug-likeness (QED) is 0.820. The van der Waals surface area contributed by atoms with Crippen molar-refractivity contribution >= 4 is 32.2 Å². The zero-order valence-electron chi connectivity index (χ0n) is 12.0. The number of nitrogen functional groups attached to an aromatic ring is 1. The maximum atomic E-state index is 12.5. The van der Waals surface area contributed by atoms with Gasteiger partial charge in [-0.05, 0) is 38.2 Å². The van der Waals surface area contributed by atoms with Gasteiger partial charge in [-0.3, -0.25) is 0 Å². The summed E-state index contributed by atoms with van der Waals surface area (Å²) < 4.78 is 34.2. The molecule has 0 radical (unpaired) electrons. The van der Waals surface area contributed by atoms with E-state index in [9.17, 15) is 8.42 Å². The highest BCUT2D eigenvalue weighted by molar-refractivity contribution is 7.92. The summed E-state index contributed by atoms with van der Waals surface area (Å²) in [6.45, 7) is 5.17. The number of ether oxygens (including phenoxy) is 1. The van der Waals surface area contributed by atoms with Gasteiger partial charge >= 0.3 is 0 Å². The van der Waals surface area contributed by atoms with Gasteiger partial charge in [0.1, 0.15) is 9.90 Å². The van der Waals surface area contributed by atoms with Crippen molar-refractivity contribution in [2.75, 3.05) is 30.9 Å². The smallest absolute Gasteiger partial charge is 0.187 e. The minimum atomic E-state index is -3.35. The fourth-order valence-electron chi connectivity index (χ4n) is 2.06. The van der Waals surface area contributed by atoms with Crippen LogP contribution in [-0.4, -0.2) is 44.3 Å². The van der Waals surface area contributed by atoms with Crippen LogP contribution in [0.1, 0.15) is 26.7 Å². The van der Waals surface area contributed by atoms with E-state index in [0.717, 1.165) is 24.4 Å². The minimum absolute atomic E-state index is 0.125. The van der Waals surface area contributed by atoms with E-state index in [1.807, 2.05) is 18.7 Å². The van der Waals surface area contributed by atoms with Gasteiger partial charge in [-0.2, -0.15) is 4.37 Å². The zero-order chi connectivity index (χ0) is 14.9. The average Bonchev–Trinajstić information content (AvgIpc) is 3.15. The van der Waals surface area contributed by atoms with Gasteiger partial charge in [0, 0.05) is 19.7 Å². The van der Waals surface area contributed by atoms with Crippen LogP contribution in [0.2, 0.25) is 0 Å². The molecule has 20 heavy (non-hydrogen) atoms. The largest absolute Gasteiger partial charge is 0.383 e. The first-order valence-electron chi connectivity index (χ1n) is 6.64. The lowest BCUT2D eigenvalue weighted by Gasteiger charge is -2.27. The van der Waals surface area contributed by atoms with Crippen molar-refractivity contribution in [3.63, 3.8) is 0 Å². The molecule has 0 bridgehead atoms. The molecule has 0 spiro atoms. The number of hydrogen-bond donors (Lipinski definition) is 1. The van der Waals surface area contributed by atoms with Crippen LogP contribution in [0, 0.1) is 0 Å². The highest BCUT2D eigenvalue weighted by Gasteiger charge is 2.41. The van der Waals surface area contributed by atoms with Gasteiger partial charge in [-0.15, -0.1) is 0 Å². The lowest BCUT2D eigenvalue weighted by molar-refractivity contribution is 0.204. The molecule has 0 aromatic carbocycles. The molecule has 0 aliphatic heterocycles. The van der Waals surface area contributed by atoms with E-state index in [0.29, 0.717) is 18.2 Å². The number of methoxy groups -OCH3 is 1. The number of nitrogens with zero attached hydrogens (tertiary/aromatic N) is 2. The summed E-state index contributed by atoms with van der Waals surface area (Å²) in [5.74, 6) is 0.125. The van der Waals surface area contributed by atoms with E-state index in [1.165, 1.54) is 0 Å². The van der Waals surface area contributed by atoms with Gasteiger partial charge in [-0.25, -0.2) is 8.42 Å². The summed E-state index contributed by atoms with van der Waals surface area (Å²) in [7, 11) is -1.72.